The number of anilines is 1. The molecule has 82 valence electrons. The van der Waals surface area contributed by atoms with Gasteiger partial charge in [0.25, 0.3) is 0 Å². The van der Waals surface area contributed by atoms with E-state index in [1.165, 1.54) is 12.3 Å². The Morgan fingerprint density at radius 2 is 1.87 bits per heavy atom. The van der Waals surface area contributed by atoms with Gasteiger partial charge in [0.05, 0.1) is 5.69 Å². The number of hydrogen-bond donors (Lipinski definition) is 2. The van der Waals surface area contributed by atoms with Crippen molar-refractivity contribution < 1.29 is 4.39 Å². The predicted molar refractivity (Wildman–Crippen MR) is 62.9 cm³/mol. The topological polar surface area (TPSA) is 54.7 Å². The van der Waals surface area contributed by atoms with E-state index in [4.69, 9.17) is 5.73 Å². The van der Waals surface area contributed by atoms with Gasteiger partial charge in [0.2, 0.25) is 0 Å². The molecule has 0 aliphatic heterocycles. The molecule has 0 spiro atoms. The van der Waals surface area contributed by atoms with Crippen LogP contribution in [-0.2, 0) is 0 Å². The van der Waals surface area contributed by atoms with Crippen molar-refractivity contribution in [2.75, 3.05) is 5.73 Å². The molecule has 3 nitrogen and oxygen atoms in total. The first-order chi connectivity index (χ1) is 6.29. The lowest BCUT2D eigenvalue weighted by molar-refractivity contribution is 0.630. The highest BCUT2D eigenvalue weighted by atomic mass is 35.5. The van der Waals surface area contributed by atoms with Crippen LogP contribution in [0.3, 0.4) is 0 Å². The summed E-state index contributed by atoms with van der Waals surface area (Å²) >= 11 is 0. The molecule has 0 saturated carbocycles. The van der Waals surface area contributed by atoms with Crippen LogP contribution in [0.5, 0.6) is 0 Å². The normalized spacial score (nSPS) is 8.87. The Morgan fingerprint density at radius 3 is 2.40 bits per heavy atom. The number of aromatic nitrogens is 2. The van der Waals surface area contributed by atoms with Crippen molar-refractivity contribution in [1.29, 1.82) is 0 Å². The van der Waals surface area contributed by atoms with Crippen molar-refractivity contribution in [3.05, 3.63) is 36.3 Å². The van der Waals surface area contributed by atoms with Crippen molar-refractivity contribution in [1.82, 2.24) is 10.2 Å². The molecular weight excluding hydrogens is 240 g/mol. The molecule has 0 aliphatic carbocycles. The van der Waals surface area contributed by atoms with Crippen LogP contribution in [0, 0.1) is 5.82 Å². The van der Waals surface area contributed by atoms with Crippen LogP contribution >= 0.6 is 24.8 Å². The van der Waals surface area contributed by atoms with Gasteiger partial charge in [0, 0.05) is 11.8 Å². The zero-order chi connectivity index (χ0) is 9.26. The Hall–Kier alpha value is -1.26. The van der Waals surface area contributed by atoms with Gasteiger partial charge in [-0.1, -0.05) is 12.1 Å². The molecule has 3 N–H and O–H groups in total. The standard InChI is InChI=1S/C9H8FN3.2ClH/c10-7-4-2-1-3-6(7)9-8(11)5-12-13-9;;/h1-5H,11H2,(H,12,13);2*1H. The first-order valence-corrected chi connectivity index (χ1v) is 3.83. The summed E-state index contributed by atoms with van der Waals surface area (Å²) in [5.74, 6) is -0.318. The second-order valence-electron chi connectivity index (χ2n) is 2.67. The zero-order valence-corrected chi connectivity index (χ0v) is 9.24. The van der Waals surface area contributed by atoms with Gasteiger partial charge < -0.3 is 5.73 Å². The Kier molecular flexibility index (Phi) is 5.11. The van der Waals surface area contributed by atoms with Gasteiger partial charge in [0.15, 0.2) is 0 Å². The third-order valence-electron chi connectivity index (χ3n) is 1.80. The first kappa shape index (κ1) is 13.7. The number of hydrogen-bond acceptors (Lipinski definition) is 2. The molecule has 0 unspecified atom stereocenters. The summed E-state index contributed by atoms with van der Waals surface area (Å²) < 4.78 is 13.2. The SMILES string of the molecule is Cl.Cl.Nc1c[nH]nc1-c1ccccc1F. The lowest BCUT2D eigenvalue weighted by Gasteiger charge is -1.98. The van der Waals surface area contributed by atoms with Crippen molar-refractivity contribution in [2.24, 2.45) is 0 Å². The average molecular weight is 250 g/mol. The van der Waals surface area contributed by atoms with Crippen LogP contribution in [0.25, 0.3) is 11.3 Å². The number of nitrogens with two attached hydrogens (primary N) is 1. The molecule has 0 saturated heterocycles. The van der Waals surface area contributed by atoms with Crippen molar-refractivity contribution in [3.63, 3.8) is 0 Å². The van der Waals surface area contributed by atoms with Gasteiger partial charge in [-0.05, 0) is 12.1 Å². The third kappa shape index (κ3) is 2.61. The lowest BCUT2D eigenvalue weighted by Crippen LogP contribution is -1.89. The second kappa shape index (κ2) is 5.58. The van der Waals surface area contributed by atoms with E-state index < -0.39 is 0 Å². The fraction of sp³-hybridized carbons (Fsp3) is 0. The summed E-state index contributed by atoms with van der Waals surface area (Å²) in [6.45, 7) is 0. The highest BCUT2D eigenvalue weighted by Gasteiger charge is 2.09. The highest BCUT2D eigenvalue weighted by Crippen LogP contribution is 2.24. The minimum absolute atomic E-state index is 0. The second-order valence-corrected chi connectivity index (χ2v) is 2.67. The molecule has 0 atom stereocenters. The number of nitrogens with zero attached hydrogens (tertiary/aromatic N) is 1. The van der Waals surface area contributed by atoms with Gasteiger partial charge in [-0.3, -0.25) is 5.10 Å². The Morgan fingerprint density at radius 1 is 1.20 bits per heavy atom. The molecule has 1 aromatic carbocycles. The Balaban J connectivity index is 0.000000980. The molecule has 15 heavy (non-hydrogen) atoms. The molecule has 0 fully saturated rings. The van der Waals surface area contributed by atoms with E-state index in [0.717, 1.165) is 0 Å². The van der Waals surface area contributed by atoms with Crippen molar-refractivity contribution in [2.45, 2.75) is 0 Å². The van der Waals surface area contributed by atoms with E-state index in [1.54, 1.807) is 18.2 Å². The average Bonchev–Trinajstić information content (AvgIpc) is 2.52. The van der Waals surface area contributed by atoms with Crippen molar-refractivity contribution >= 4 is 30.5 Å². The van der Waals surface area contributed by atoms with Gasteiger partial charge in [-0.15, -0.1) is 24.8 Å². The number of nitrogens with one attached hydrogen (secondary N) is 1. The lowest BCUT2D eigenvalue weighted by atomic mass is 10.1. The monoisotopic (exact) mass is 249 g/mol. The first-order valence-electron chi connectivity index (χ1n) is 3.83. The minimum atomic E-state index is -0.318. The largest absolute Gasteiger partial charge is 0.396 e. The number of H-pyrrole nitrogens is 1. The summed E-state index contributed by atoms with van der Waals surface area (Å²) in [7, 11) is 0. The summed E-state index contributed by atoms with van der Waals surface area (Å²) in [6.07, 6.45) is 1.53. The van der Waals surface area contributed by atoms with Crippen LogP contribution in [0.15, 0.2) is 30.5 Å². The molecule has 0 radical (unpaired) electrons. The van der Waals surface area contributed by atoms with Gasteiger partial charge in [-0.2, -0.15) is 5.10 Å². The van der Waals surface area contributed by atoms with Gasteiger partial charge >= 0.3 is 0 Å². The van der Waals surface area contributed by atoms with E-state index in [2.05, 4.69) is 10.2 Å². The number of benzene rings is 1. The molecule has 2 rings (SSSR count). The molecule has 0 aliphatic rings. The third-order valence-corrected chi connectivity index (χ3v) is 1.80. The van der Waals surface area contributed by atoms with E-state index >= 15 is 0 Å². The molecule has 1 aromatic heterocycles. The molecule has 2 aromatic rings. The quantitative estimate of drug-likeness (QED) is 0.817. The van der Waals surface area contributed by atoms with E-state index in [1.807, 2.05) is 0 Å². The van der Waals surface area contributed by atoms with Crippen LogP contribution < -0.4 is 5.73 Å². The number of aromatic amines is 1. The molecule has 1 heterocycles. The minimum Gasteiger partial charge on any atom is -0.396 e. The fourth-order valence-electron chi connectivity index (χ4n) is 1.17. The molecule has 6 heteroatoms. The van der Waals surface area contributed by atoms with E-state index in [9.17, 15) is 4.39 Å². The Bertz CT molecular complexity index is 431. The molecule has 0 amide bonds. The maximum atomic E-state index is 13.2. The number of halogens is 3. The fourth-order valence-corrected chi connectivity index (χ4v) is 1.17. The van der Waals surface area contributed by atoms with E-state index in [-0.39, 0.29) is 30.6 Å². The van der Waals surface area contributed by atoms with Crippen LogP contribution in [0.1, 0.15) is 0 Å². The van der Waals surface area contributed by atoms with E-state index in [0.29, 0.717) is 16.9 Å². The maximum Gasteiger partial charge on any atom is 0.132 e. The van der Waals surface area contributed by atoms with Gasteiger partial charge in [0.1, 0.15) is 11.5 Å². The maximum absolute atomic E-state index is 13.2. The van der Waals surface area contributed by atoms with Crippen LogP contribution in [0.4, 0.5) is 10.1 Å². The highest BCUT2D eigenvalue weighted by molar-refractivity contribution is 5.85. The van der Waals surface area contributed by atoms with Crippen molar-refractivity contribution in [3.8, 4) is 11.3 Å². The smallest absolute Gasteiger partial charge is 0.132 e. The van der Waals surface area contributed by atoms with Crippen LogP contribution in [0.2, 0.25) is 0 Å². The molecule has 0 bridgehead atoms. The van der Waals surface area contributed by atoms with Gasteiger partial charge in [-0.25, -0.2) is 4.39 Å². The number of rotatable bonds is 1. The Labute approximate surface area is 98.7 Å². The summed E-state index contributed by atoms with van der Waals surface area (Å²) in [5.41, 5.74) is 6.90. The zero-order valence-electron chi connectivity index (χ0n) is 7.61. The molecular formula is C9H10Cl2FN3. The number of nitrogen functional groups attached to an aromatic ring is 1. The predicted octanol–water partition coefficient (Wildman–Crippen LogP) is 2.64. The summed E-state index contributed by atoms with van der Waals surface area (Å²) in [4.78, 5) is 0. The summed E-state index contributed by atoms with van der Waals surface area (Å²) in [5, 5.41) is 6.44. The van der Waals surface area contributed by atoms with Crippen LogP contribution in [-0.4, -0.2) is 10.2 Å². The summed E-state index contributed by atoms with van der Waals surface area (Å²) in [6, 6.07) is 6.39.